The van der Waals surface area contributed by atoms with Crippen LogP contribution >= 0.6 is 12.4 Å². The van der Waals surface area contributed by atoms with Crippen molar-refractivity contribution in [2.45, 2.75) is 12.8 Å². The summed E-state index contributed by atoms with van der Waals surface area (Å²) < 4.78 is 5.23. The number of rotatable bonds is 2. The van der Waals surface area contributed by atoms with E-state index in [0.29, 0.717) is 13.2 Å². The lowest BCUT2D eigenvalue weighted by atomic mass is 9.84. The first-order valence-corrected chi connectivity index (χ1v) is 3.72. The van der Waals surface area contributed by atoms with Gasteiger partial charge in [0.05, 0.1) is 13.2 Å². The van der Waals surface area contributed by atoms with E-state index in [1.165, 1.54) is 0 Å². The molecule has 0 spiro atoms. The summed E-state index contributed by atoms with van der Waals surface area (Å²) in [6, 6.07) is 0. The van der Waals surface area contributed by atoms with E-state index in [0.717, 1.165) is 19.4 Å². The van der Waals surface area contributed by atoms with Crippen molar-refractivity contribution in [2.24, 2.45) is 11.1 Å². The van der Waals surface area contributed by atoms with Gasteiger partial charge < -0.3 is 15.6 Å². The highest BCUT2D eigenvalue weighted by molar-refractivity contribution is 5.85. The maximum atomic E-state index is 8.98. The Hall–Kier alpha value is 0.170. The van der Waals surface area contributed by atoms with Crippen molar-refractivity contribution in [3.63, 3.8) is 0 Å². The molecule has 68 valence electrons. The van der Waals surface area contributed by atoms with Gasteiger partial charge in [-0.15, -0.1) is 12.4 Å². The zero-order chi connectivity index (χ0) is 7.45. The van der Waals surface area contributed by atoms with Crippen LogP contribution < -0.4 is 5.73 Å². The number of aliphatic hydroxyl groups excluding tert-OH is 1. The zero-order valence-electron chi connectivity index (χ0n) is 6.58. The van der Waals surface area contributed by atoms with Crippen LogP contribution in [0.15, 0.2) is 0 Å². The van der Waals surface area contributed by atoms with Crippen LogP contribution in [0.2, 0.25) is 0 Å². The molecular weight excluding hydrogens is 166 g/mol. The summed E-state index contributed by atoms with van der Waals surface area (Å²) in [6.07, 6.45) is 2.03. The van der Waals surface area contributed by atoms with Crippen molar-refractivity contribution in [1.82, 2.24) is 0 Å². The van der Waals surface area contributed by atoms with Crippen LogP contribution in [0.1, 0.15) is 12.8 Å². The molecule has 11 heavy (non-hydrogen) atoms. The molecule has 0 aromatic carbocycles. The fraction of sp³-hybridized carbons (Fsp3) is 1.00. The third-order valence-corrected chi connectivity index (χ3v) is 2.17. The molecule has 0 radical (unpaired) electrons. The van der Waals surface area contributed by atoms with Crippen molar-refractivity contribution in [3.05, 3.63) is 0 Å². The summed E-state index contributed by atoms with van der Waals surface area (Å²) in [4.78, 5) is 0. The van der Waals surface area contributed by atoms with Crippen molar-refractivity contribution in [3.8, 4) is 0 Å². The molecule has 1 fully saturated rings. The molecule has 4 heteroatoms. The summed E-state index contributed by atoms with van der Waals surface area (Å²) in [7, 11) is 0. The molecule has 0 amide bonds. The molecule has 3 N–H and O–H groups in total. The third kappa shape index (κ3) is 2.60. The van der Waals surface area contributed by atoms with Crippen molar-refractivity contribution in [1.29, 1.82) is 0 Å². The van der Waals surface area contributed by atoms with E-state index >= 15 is 0 Å². The zero-order valence-corrected chi connectivity index (χ0v) is 7.40. The van der Waals surface area contributed by atoms with Crippen LogP contribution in [0.4, 0.5) is 0 Å². The van der Waals surface area contributed by atoms with E-state index < -0.39 is 0 Å². The van der Waals surface area contributed by atoms with Crippen LogP contribution in [0.3, 0.4) is 0 Å². The Labute approximate surface area is 73.3 Å². The van der Waals surface area contributed by atoms with Gasteiger partial charge in [0, 0.05) is 18.6 Å². The predicted molar refractivity (Wildman–Crippen MR) is 45.9 cm³/mol. The largest absolute Gasteiger partial charge is 0.396 e. The molecule has 3 nitrogen and oxygen atoms in total. The molecule has 0 aromatic heterocycles. The summed E-state index contributed by atoms with van der Waals surface area (Å²) in [5, 5.41) is 8.98. The van der Waals surface area contributed by atoms with Gasteiger partial charge >= 0.3 is 0 Å². The lowest BCUT2D eigenvalue weighted by Gasteiger charge is -2.33. The molecule has 1 saturated heterocycles. The van der Waals surface area contributed by atoms with Crippen molar-refractivity contribution in [2.75, 3.05) is 26.4 Å². The number of hydrogen-bond donors (Lipinski definition) is 2. The van der Waals surface area contributed by atoms with Crippen molar-refractivity contribution >= 4 is 12.4 Å². The Morgan fingerprint density at radius 3 is 2.55 bits per heavy atom. The van der Waals surface area contributed by atoms with E-state index in [9.17, 15) is 0 Å². The van der Waals surface area contributed by atoms with Crippen LogP contribution in [-0.4, -0.2) is 31.5 Å². The fourth-order valence-electron chi connectivity index (χ4n) is 1.26. The predicted octanol–water partition coefficient (Wildman–Crippen LogP) is 0.156. The molecule has 1 aliphatic heterocycles. The summed E-state index contributed by atoms with van der Waals surface area (Å²) in [5.41, 5.74) is 5.38. The molecule has 1 unspecified atom stereocenters. The maximum absolute atomic E-state index is 8.98. The Morgan fingerprint density at radius 2 is 2.27 bits per heavy atom. The number of aliphatic hydroxyl groups is 1. The maximum Gasteiger partial charge on any atom is 0.0556 e. The van der Waals surface area contributed by atoms with Gasteiger partial charge in [-0.3, -0.25) is 0 Å². The molecule has 0 saturated carbocycles. The standard InChI is InChI=1S/C7H15NO2.ClH/c8-4-7(5-9)2-1-3-10-6-7;/h9H,1-6,8H2;1H. The van der Waals surface area contributed by atoms with E-state index in [1.807, 2.05) is 0 Å². The van der Waals surface area contributed by atoms with E-state index in [4.69, 9.17) is 15.6 Å². The van der Waals surface area contributed by atoms with Crippen LogP contribution in [0, 0.1) is 5.41 Å². The quantitative estimate of drug-likeness (QED) is 0.638. The number of halogens is 1. The van der Waals surface area contributed by atoms with Gasteiger partial charge in [-0.1, -0.05) is 0 Å². The second-order valence-electron chi connectivity index (χ2n) is 3.02. The highest BCUT2D eigenvalue weighted by Crippen LogP contribution is 2.26. The Morgan fingerprint density at radius 1 is 1.55 bits per heavy atom. The van der Waals surface area contributed by atoms with Gasteiger partial charge in [-0.25, -0.2) is 0 Å². The van der Waals surface area contributed by atoms with Gasteiger partial charge in [0.2, 0.25) is 0 Å². The fourth-order valence-corrected chi connectivity index (χ4v) is 1.26. The minimum absolute atomic E-state index is 0. The molecule has 1 rings (SSSR count). The SMILES string of the molecule is Cl.NCC1(CO)CCCOC1. The number of hydrogen-bond acceptors (Lipinski definition) is 3. The summed E-state index contributed by atoms with van der Waals surface area (Å²) in [6.45, 7) is 2.13. The third-order valence-electron chi connectivity index (χ3n) is 2.17. The van der Waals surface area contributed by atoms with Gasteiger partial charge in [-0.2, -0.15) is 0 Å². The molecule has 1 aliphatic rings. The lowest BCUT2D eigenvalue weighted by Crippen LogP contribution is -2.41. The minimum Gasteiger partial charge on any atom is -0.396 e. The first-order chi connectivity index (χ1) is 4.83. The first-order valence-electron chi connectivity index (χ1n) is 3.72. The van der Waals surface area contributed by atoms with Gasteiger partial charge in [0.15, 0.2) is 0 Å². The Kier molecular flexibility index (Phi) is 5.01. The smallest absolute Gasteiger partial charge is 0.0556 e. The average Bonchev–Trinajstić information content (AvgIpc) is 2.06. The molecule has 1 heterocycles. The Bertz CT molecular complexity index is 98.6. The first kappa shape index (κ1) is 11.2. The molecule has 1 atom stereocenters. The van der Waals surface area contributed by atoms with Gasteiger partial charge in [-0.05, 0) is 12.8 Å². The monoisotopic (exact) mass is 181 g/mol. The van der Waals surface area contributed by atoms with Crippen LogP contribution in [0.25, 0.3) is 0 Å². The second kappa shape index (κ2) is 4.93. The van der Waals surface area contributed by atoms with Gasteiger partial charge in [0.25, 0.3) is 0 Å². The van der Waals surface area contributed by atoms with Crippen molar-refractivity contribution < 1.29 is 9.84 Å². The van der Waals surface area contributed by atoms with Gasteiger partial charge in [0.1, 0.15) is 0 Å². The van der Waals surface area contributed by atoms with E-state index in [-0.39, 0.29) is 24.4 Å². The number of ether oxygens (including phenoxy) is 1. The van der Waals surface area contributed by atoms with Crippen LogP contribution in [0.5, 0.6) is 0 Å². The minimum atomic E-state index is -0.127. The summed E-state index contributed by atoms with van der Waals surface area (Å²) >= 11 is 0. The molecular formula is C7H16ClNO2. The summed E-state index contributed by atoms with van der Waals surface area (Å²) in [5.74, 6) is 0. The highest BCUT2D eigenvalue weighted by Gasteiger charge is 2.30. The normalized spacial score (nSPS) is 31.1. The molecule has 0 aromatic rings. The highest BCUT2D eigenvalue weighted by atomic mass is 35.5. The lowest BCUT2D eigenvalue weighted by molar-refractivity contribution is -0.0326. The molecule has 0 aliphatic carbocycles. The second-order valence-corrected chi connectivity index (χ2v) is 3.02. The topological polar surface area (TPSA) is 55.5 Å². The van der Waals surface area contributed by atoms with E-state index in [2.05, 4.69) is 0 Å². The average molecular weight is 182 g/mol. The Balaban J connectivity index is 0.000001000. The number of nitrogens with two attached hydrogens (primary N) is 1. The van der Waals surface area contributed by atoms with E-state index in [1.54, 1.807) is 0 Å². The molecule has 0 bridgehead atoms. The van der Waals surface area contributed by atoms with Crippen LogP contribution in [-0.2, 0) is 4.74 Å².